The lowest BCUT2D eigenvalue weighted by Crippen LogP contribution is -2.43. The zero-order valence-corrected chi connectivity index (χ0v) is 16.7. The number of ether oxygens (including phenoxy) is 1. The molecule has 0 spiro atoms. The van der Waals surface area contributed by atoms with Crippen LogP contribution in [0.5, 0.6) is 0 Å². The molecule has 1 aliphatic carbocycles. The minimum absolute atomic E-state index is 0. The Morgan fingerprint density at radius 3 is 2.70 bits per heavy atom. The molecular weight excluding hydrogens is 407 g/mol. The molecule has 8 heteroatoms. The van der Waals surface area contributed by atoms with Gasteiger partial charge in [-0.2, -0.15) is 5.10 Å². The first kappa shape index (κ1) is 20.1. The second kappa shape index (κ2) is 10.1. The highest BCUT2D eigenvalue weighted by Gasteiger charge is 2.33. The minimum atomic E-state index is 0. The fraction of sp³-hybridized carbons (Fsp3) is 0.800. The molecule has 0 bridgehead atoms. The van der Waals surface area contributed by atoms with Gasteiger partial charge in [-0.15, -0.1) is 24.0 Å². The number of nitrogens with one attached hydrogen (secondary N) is 2. The van der Waals surface area contributed by atoms with Crippen molar-refractivity contribution < 1.29 is 4.74 Å². The smallest absolute Gasteiger partial charge is 0.191 e. The van der Waals surface area contributed by atoms with Gasteiger partial charge in [0.25, 0.3) is 0 Å². The SMILES string of the molecule is CN=C(NCc1ncnn1C)NCC1(CCOC)CCCC1.I. The summed E-state index contributed by atoms with van der Waals surface area (Å²) in [6, 6.07) is 0. The fourth-order valence-electron chi connectivity index (χ4n) is 3.09. The Labute approximate surface area is 155 Å². The van der Waals surface area contributed by atoms with Crippen LogP contribution in [0.25, 0.3) is 0 Å². The number of aromatic nitrogens is 3. The first-order valence-corrected chi connectivity index (χ1v) is 7.95. The van der Waals surface area contributed by atoms with Crippen molar-refractivity contribution in [2.24, 2.45) is 17.5 Å². The topological polar surface area (TPSA) is 76.4 Å². The molecular formula is C15H29IN6O. The van der Waals surface area contributed by atoms with Crippen LogP contribution in [-0.2, 0) is 18.3 Å². The number of guanidine groups is 1. The molecule has 23 heavy (non-hydrogen) atoms. The van der Waals surface area contributed by atoms with Crippen LogP contribution in [-0.4, -0.2) is 48.0 Å². The van der Waals surface area contributed by atoms with Gasteiger partial charge < -0.3 is 15.4 Å². The number of halogens is 1. The summed E-state index contributed by atoms with van der Waals surface area (Å²) < 4.78 is 7.04. The van der Waals surface area contributed by atoms with Crippen molar-refractivity contribution in [2.45, 2.75) is 38.6 Å². The maximum absolute atomic E-state index is 5.28. The molecule has 1 heterocycles. The Morgan fingerprint density at radius 1 is 1.39 bits per heavy atom. The highest BCUT2D eigenvalue weighted by atomic mass is 127. The Kier molecular flexibility index (Phi) is 8.82. The standard InChI is InChI=1S/C15H28N6O.HI/c1-16-14(17-10-13-19-12-20-21(13)2)18-11-15(8-9-22-3)6-4-5-7-15;/h12H,4-11H2,1-3H3,(H2,16,17,18);1H. The van der Waals surface area contributed by atoms with Gasteiger partial charge in [0.1, 0.15) is 12.2 Å². The van der Waals surface area contributed by atoms with Crippen LogP contribution in [0.2, 0.25) is 0 Å². The molecule has 0 saturated heterocycles. The third-order valence-electron chi connectivity index (χ3n) is 4.57. The third-order valence-corrected chi connectivity index (χ3v) is 4.57. The number of nitrogens with zero attached hydrogens (tertiary/aromatic N) is 4. The Bertz CT molecular complexity index is 484. The zero-order valence-electron chi connectivity index (χ0n) is 14.3. The largest absolute Gasteiger partial charge is 0.385 e. The van der Waals surface area contributed by atoms with Gasteiger partial charge in [-0.3, -0.25) is 9.67 Å². The third kappa shape index (κ3) is 5.91. The molecule has 0 atom stereocenters. The molecule has 2 N–H and O–H groups in total. The van der Waals surface area contributed by atoms with Crippen LogP contribution in [0.1, 0.15) is 37.9 Å². The highest BCUT2D eigenvalue weighted by molar-refractivity contribution is 14.0. The summed E-state index contributed by atoms with van der Waals surface area (Å²) in [4.78, 5) is 8.50. The lowest BCUT2D eigenvalue weighted by Gasteiger charge is -2.29. The van der Waals surface area contributed by atoms with E-state index in [0.717, 1.165) is 31.4 Å². The van der Waals surface area contributed by atoms with Crippen molar-refractivity contribution in [2.75, 3.05) is 27.3 Å². The number of hydrogen-bond acceptors (Lipinski definition) is 4. The first-order valence-electron chi connectivity index (χ1n) is 7.95. The van der Waals surface area contributed by atoms with E-state index in [-0.39, 0.29) is 24.0 Å². The predicted octanol–water partition coefficient (Wildman–Crippen LogP) is 1.69. The lowest BCUT2D eigenvalue weighted by molar-refractivity contribution is 0.138. The van der Waals surface area contributed by atoms with Crippen molar-refractivity contribution in [3.05, 3.63) is 12.2 Å². The van der Waals surface area contributed by atoms with E-state index in [1.165, 1.54) is 25.7 Å². The van der Waals surface area contributed by atoms with Crippen molar-refractivity contribution >= 4 is 29.9 Å². The summed E-state index contributed by atoms with van der Waals surface area (Å²) in [5, 5.41) is 10.8. The lowest BCUT2D eigenvalue weighted by atomic mass is 9.83. The molecule has 1 saturated carbocycles. The highest BCUT2D eigenvalue weighted by Crippen LogP contribution is 2.40. The molecule has 1 aromatic rings. The average molecular weight is 436 g/mol. The quantitative estimate of drug-likeness (QED) is 0.387. The van der Waals surface area contributed by atoms with Gasteiger partial charge in [-0.25, -0.2) is 4.98 Å². The second-order valence-corrected chi connectivity index (χ2v) is 6.03. The number of methoxy groups -OCH3 is 1. The van der Waals surface area contributed by atoms with Crippen molar-refractivity contribution in [3.63, 3.8) is 0 Å². The van der Waals surface area contributed by atoms with Gasteiger partial charge in [0.05, 0.1) is 6.54 Å². The van der Waals surface area contributed by atoms with Gasteiger partial charge in [-0.05, 0) is 24.7 Å². The van der Waals surface area contributed by atoms with E-state index in [9.17, 15) is 0 Å². The van der Waals surface area contributed by atoms with E-state index in [0.29, 0.717) is 12.0 Å². The summed E-state index contributed by atoms with van der Waals surface area (Å²) in [5.74, 6) is 1.70. The average Bonchev–Trinajstić information content (AvgIpc) is 3.15. The van der Waals surface area contributed by atoms with E-state index >= 15 is 0 Å². The van der Waals surface area contributed by atoms with E-state index in [1.807, 2.05) is 7.05 Å². The summed E-state index contributed by atoms with van der Waals surface area (Å²) >= 11 is 0. The van der Waals surface area contributed by atoms with E-state index < -0.39 is 0 Å². The Hall–Kier alpha value is -0.900. The molecule has 0 unspecified atom stereocenters. The molecule has 0 aliphatic heterocycles. The molecule has 132 valence electrons. The molecule has 0 amide bonds. The maximum Gasteiger partial charge on any atom is 0.191 e. The molecule has 0 aromatic carbocycles. The van der Waals surface area contributed by atoms with Gasteiger partial charge >= 0.3 is 0 Å². The number of hydrogen-bond donors (Lipinski definition) is 2. The number of aliphatic imine (C=N–C) groups is 1. The molecule has 1 aromatic heterocycles. The van der Waals surface area contributed by atoms with Gasteiger partial charge in [-0.1, -0.05) is 12.8 Å². The maximum atomic E-state index is 5.28. The molecule has 7 nitrogen and oxygen atoms in total. The summed E-state index contributed by atoms with van der Waals surface area (Å²) in [5.41, 5.74) is 0.346. The van der Waals surface area contributed by atoms with E-state index in [2.05, 4.69) is 25.7 Å². The van der Waals surface area contributed by atoms with Gasteiger partial charge in [0.15, 0.2) is 5.96 Å². The zero-order chi connectivity index (χ0) is 15.8. The van der Waals surface area contributed by atoms with E-state index in [4.69, 9.17) is 4.74 Å². The summed E-state index contributed by atoms with van der Waals surface area (Å²) in [7, 11) is 5.46. The van der Waals surface area contributed by atoms with Crippen molar-refractivity contribution in [1.82, 2.24) is 25.4 Å². The Morgan fingerprint density at radius 2 is 2.13 bits per heavy atom. The summed E-state index contributed by atoms with van der Waals surface area (Å²) in [6.07, 6.45) is 7.84. The van der Waals surface area contributed by atoms with Crippen LogP contribution >= 0.6 is 24.0 Å². The van der Waals surface area contributed by atoms with Crippen LogP contribution in [0.15, 0.2) is 11.3 Å². The molecule has 0 radical (unpaired) electrons. The van der Waals surface area contributed by atoms with Crippen LogP contribution in [0.3, 0.4) is 0 Å². The van der Waals surface area contributed by atoms with Gasteiger partial charge in [0.2, 0.25) is 0 Å². The normalized spacial score (nSPS) is 16.9. The molecule has 1 fully saturated rings. The molecule has 1 aliphatic rings. The molecule has 2 rings (SSSR count). The predicted molar refractivity (Wildman–Crippen MR) is 102 cm³/mol. The van der Waals surface area contributed by atoms with Crippen molar-refractivity contribution in [3.8, 4) is 0 Å². The number of aryl methyl sites for hydroxylation is 1. The monoisotopic (exact) mass is 436 g/mol. The number of rotatable bonds is 7. The van der Waals surface area contributed by atoms with Crippen LogP contribution < -0.4 is 10.6 Å². The van der Waals surface area contributed by atoms with Crippen LogP contribution in [0.4, 0.5) is 0 Å². The second-order valence-electron chi connectivity index (χ2n) is 6.03. The van der Waals surface area contributed by atoms with Crippen molar-refractivity contribution in [1.29, 1.82) is 0 Å². The Balaban J connectivity index is 0.00000264. The van der Waals surface area contributed by atoms with E-state index in [1.54, 1.807) is 25.2 Å². The van der Waals surface area contributed by atoms with Crippen LogP contribution in [0, 0.1) is 5.41 Å². The summed E-state index contributed by atoms with van der Waals surface area (Å²) in [6.45, 7) is 2.38. The van der Waals surface area contributed by atoms with Gasteiger partial charge in [0, 0.05) is 34.4 Å². The fourth-order valence-corrected chi connectivity index (χ4v) is 3.09. The minimum Gasteiger partial charge on any atom is -0.385 e. The first-order chi connectivity index (χ1) is 10.7.